The molecule has 5 unspecified atom stereocenters. The van der Waals surface area contributed by atoms with Crippen molar-refractivity contribution in [2.45, 2.75) is 103 Å². The number of ether oxygens (including phenoxy) is 1. The molecule has 0 aromatic heterocycles. The monoisotopic (exact) mass is 418 g/mol. The second-order valence-corrected chi connectivity index (χ2v) is 15.8. The first kappa shape index (κ1) is 23.0. The largest absolute Gasteiger partial charge is 0.414 e. The smallest absolute Gasteiger partial charge is 0.192 e. The number of hydrogen-bond acceptors (Lipinski definition) is 3. The molecule has 1 N–H and O–H groups in total. The first-order valence-corrected chi connectivity index (χ1v) is 14.5. The number of rotatable bonds is 8. The summed E-state index contributed by atoms with van der Waals surface area (Å²) in [6.07, 6.45) is 6.45. The number of aliphatic hydroxyl groups excluding tert-OH is 1. The van der Waals surface area contributed by atoms with Gasteiger partial charge in [-0.2, -0.15) is 0 Å². The Labute approximate surface area is 179 Å². The Morgan fingerprint density at radius 2 is 1.83 bits per heavy atom. The molecule has 1 heterocycles. The van der Waals surface area contributed by atoms with Gasteiger partial charge in [0.15, 0.2) is 14.6 Å². The summed E-state index contributed by atoms with van der Waals surface area (Å²) < 4.78 is 12.7. The molecule has 6 atom stereocenters. The average Bonchev–Trinajstić information content (AvgIpc) is 3.13. The van der Waals surface area contributed by atoms with Gasteiger partial charge in [-0.1, -0.05) is 64.4 Å². The fourth-order valence-corrected chi connectivity index (χ4v) is 6.25. The molecular weight excluding hydrogens is 376 g/mol. The maximum absolute atomic E-state index is 10.0. The summed E-state index contributed by atoms with van der Waals surface area (Å²) in [5.74, 6) is 1.68. The minimum absolute atomic E-state index is 0.185. The highest BCUT2D eigenvalue weighted by atomic mass is 28.4. The maximum atomic E-state index is 10.0. The van der Waals surface area contributed by atoms with Gasteiger partial charge < -0.3 is 14.3 Å². The van der Waals surface area contributed by atoms with Crippen LogP contribution in [0, 0.1) is 17.8 Å². The summed E-state index contributed by atoms with van der Waals surface area (Å²) in [6.45, 7) is 14.0. The molecule has 1 saturated heterocycles. The topological polar surface area (TPSA) is 38.7 Å². The first-order valence-electron chi connectivity index (χ1n) is 11.6. The van der Waals surface area contributed by atoms with Gasteiger partial charge in [-0.15, -0.1) is 0 Å². The molecule has 3 rings (SSSR count). The summed E-state index contributed by atoms with van der Waals surface area (Å²) >= 11 is 0. The SMILES string of the molecule is CC(CCc1ccccc1)CC[C@H]1C(O[Si](C)(C)C(C)(C)C)CC2OC(O)CC21. The molecule has 0 bridgehead atoms. The van der Waals surface area contributed by atoms with Crippen LogP contribution in [0.4, 0.5) is 0 Å². The van der Waals surface area contributed by atoms with E-state index in [-0.39, 0.29) is 11.1 Å². The quantitative estimate of drug-likeness (QED) is 0.513. The van der Waals surface area contributed by atoms with Crippen LogP contribution >= 0.6 is 0 Å². The van der Waals surface area contributed by atoms with Crippen molar-refractivity contribution in [3.63, 3.8) is 0 Å². The summed E-state index contributed by atoms with van der Waals surface area (Å²) in [6, 6.07) is 10.8. The minimum atomic E-state index is -1.81. The number of hydrogen-bond donors (Lipinski definition) is 1. The van der Waals surface area contributed by atoms with Crippen molar-refractivity contribution < 1.29 is 14.3 Å². The van der Waals surface area contributed by atoms with E-state index >= 15 is 0 Å². The normalized spacial score (nSPS) is 31.1. The lowest BCUT2D eigenvalue weighted by molar-refractivity contribution is -0.0946. The Balaban J connectivity index is 1.58. The molecule has 0 amide bonds. The summed E-state index contributed by atoms with van der Waals surface area (Å²) in [5, 5.41) is 10.3. The van der Waals surface area contributed by atoms with Crippen LogP contribution < -0.4 is 0 Å². The molecule has 1 saturated carbocycles. The van der Waals surface area contributed by atoms with Gasteiger partial charge in [-0.3, -0.25) is 0 Å². The van der Waals surface area contributed by atoms with E-state index in [1.807, 2.05) is 0 Å². The van der Waals surface area contributed by atoms with Crippen LogP contribution in [0.1, 0.15) is 65.4 Å². The molecule has 29 heavy (non-hydrogen) atoms. The molecule has 0 radical (unpaired) electrons. The first-order chi connectivity index (χ1) is 13.6. The second-order valence-electron chi connectivity index (χ2n) is 11.1. The van der Waals surface area contributed by atoms with Gasteiger partial charge in [-0.05, 0) is 67.1 Å². The van der Waals surface area contributed by atoms with E-state index in [0.29, 0.717) is 23.9 Å². The maximum Gasteiger partial charge on any atom is 0.192 e. The van der Waals surface area contributed by atoms with Crippen molar-refractivity contribution in [3.05, 3.63) is 35.9 Å². The molecule has 2 aliphatic rings. The van der Waals surface area contributed by atoms with Crippen molar-refractivity contribution in [2.75, 3.05) is 0 Å². The highest BCUT2D eigenvalue weighted by Crippen LogP contribution is 2.49. The third-order valence-corrected chi connectivity index (χ3v) is 12.3. The number of aryl methyl sites for hydroxylation is 1. The molecule has 1 aliphatic carbocycles. The van der Waals surface area contributed by atoms with Gasteiger partial charge in [0.2, 0.25) is 0 Å². The van der Waals surface area contributed by atoms with E-state index in [1.165, 1.54) is 24.8 Å². The van der Waals surface area contributed by atoms with Crippen LogP contribution in [0.2, 0.25) is 18.1 Å². The van der Waals surface area contributed by atoms with Gasteiger partial charge in [0.1, 0.15) is 0 Å². The second kappa shape index (κ2) is 9.21. The molecular formula is C25H42O3Si. The Morgan fingerprint density at radius 1 is 1.14 bits per heavy atom. The standard InChI is InChI=1S/C25H42O3Si/c1-18(12-14-19-10-8-7-9-11-19)13-15-20-21-16-24(26)27-22(21)17-23(20)28-29(5,6)25(2,3)4/h7-11,18,20-24,26H,12-17H2,1-6H3/t18?,20-,21?,22?,23?,24?/m1/s1. The summed E-state index contributed by atoms with van der Waals surface area (Å²) in [4.78, 5) is 0. The third kappa shape index (κ3) is 5.72. The lowest BCUT2D eigenvalue weighted by Gasteiger charge is -2.40. The van der Waals surface area contributed by atoms with E-state index in [2.05, 4.69) is 71.1 Å². The Kier molecular flexibility index (Phi) is 7.30. The van der Waals surface area contributed by atoms with Crippen LogP contribution in [0.25, 0.3) is 0 Å². The van der Waals surface area contributed by atoms with Crippen molar-refractivity contribution in [1.29, 1.82) is 0 Å². The molecule has 1 aromatic rings. The molecule has 164 valence electrons. The van der Waals surface area contributed by atoms with Gasteiger partial charge in [-0.25, -0.2) is 0 Å². The van der Waals surface area contributed by atoms with E-state index in [0.717, 1.165) is 19.3 Å². The molecule has 1 aliphatic heterocycles. The van der Waals surface area contributed by atoms with Crippen molar-refractivity contribution in [1.82, 2.24) is 0 Å². The fraction of sp³-hybridized carbons (Fsp3) is 0.760. The van der Waals surface area contributed by atoms with Crippen LogP contribution in [0.5, 0.6) is 0 Å². The van der Waals surface area contributed by atoms with Crippen molar-refractivity contribution in [2.24, 2.45) is 17.8 Å². The molecule has 1 aromatic carbocycles. The van der Waals surface area contributed by atoms with Crippen LogP contribution in [-0.2, 0) is 15.6 Å². The van der Waals surface area contributed by atoms with E-state index in [9.17, 15) is 5.11 Å². The predicted molar refractivity (Wildman–Crippen MR) is 122 cm³/mol. The highest BCUT2D eigenvalue weighted by Gasteiger charge is 2.52. The van der Waals surface area contributed by atoms with E-state index < -0.39 is 14.6 Å². The molecule has 4 heteroatoms. The van der Waals surface area contributed by atoms with Crippen LogP contribution in [-0.4, -0.2) is 31.9 Å². The van der Waals surface area contributed by atoms with Gasteiger partial charge in [0.05, 0.1) is 12.2 Å². The van der Waals surface area contributed by atoms with Gasteiger partial charge in [0, 0.05) is 6.42 Å². The molecule has 0 spiro atoms. The van der Waals surface area contributed by atoms with Gasteiger partial charge in [0.25, 0.3) is 0 Å². The zero-order chi connectivity index (χ0) is 21.2. The lowest BCUT2D eigenvalue weighted by Crippen LogP contribution is -2.45. The number of fused-ring (bicyclic) bond motifs is 1. The number of benzene rings is 1. The highest BCUT2D eigenvalue weighted by molar-refractivity contribution is 6.74. The van der Waals surface area contributed by atoms with E-state index in [4.69, 9.17) is 9.16 Å². The zero-order valence-corrected chi connectivity index (χ0v) is 20.4. The predicted octanol–water partition coefficient (Wildman–Crippen LogP) is 6.17. The minimum Gasteiger partial charge on any atom is -0.414 e. The molecule has 3 nitrogen and oxygen atoms in total. The Bertz CT molecular complexity index is 639. The summed E-state index contributed by atoms with van der Waals surface area (Å²) in [7, 11) is -1.81. The Morgan fingerprint density at radius 3 is 2.48 bits per heavy atom. The zero-order valence-electron chi connectivity index (χ0n) is 19.4. The average molecular weight is 419 g/mol. The van der Waals surface area contributed by atoms with Crippen molar-refractivity contribution in [3.8, 4) is 0 Å². The third-order valence-electron chi connectivity index (χ3n) is 7.79. The van der Waals surface area contributed by atoms with Crippen LogP contribution in [0.3, 0.4) is 0 Å². The lowest BCUT2D eigenvalue weighted by atomic mass is 9.85. The van der Waals surface area contributed by atoms with Gasteiger partial charge >= 0.3 is 0 Å². The molecule has 2 fully saturated rings. The van der Waals surface area contributed by atoms with Crippen LogP contribution in [0.15, 0.2) is 30.3 Å². The fourth-order valence-electron chi connectivity index (χ4n) is 4.87. The Hall–Kier alpha value is -0.683. The number of aliphatic hydroxyl groups is 1. The van der Waals surface area contributed by atoms with E-state index in [1.54, 1.807) is 0 Å². The summed E-state index contributed by atoms with van der Waals surface area (Å²) in [5.41, 5.74) is 1.44. The van der Waals surface area contributed by atoms with Crippen molar-refractivity contribution >= 4 is 8.32 Å².